The Labute approximate surface area is 110 Å². The Hall–Kier alpha value is -2.83. The summed E-state index contributed by atoms with van der Waals surface area (Å²) in [5, 5.41) is 15.6. The maximum Gasteiger partial charge on any atom is 0.328 e. The predicted octanol–water partition coefficient (Wildman–Crippen LogP) is 1.69. The van der Waals surface area contributed by atoms with Crippen molar-refractivity contribution in [2.45, 2.75) is 6.92 Å². The Kier molecular flexibility index (Phi) is 19.8. The summed E-state index contributed by atoms with van der Waals surface area (Å²) in [6.45, 7) is 11.0. The number of carbonyl (C=O) groups excluding carboxylic acids is 1. The van der Waals surface area contributed by atoms with Crippen molar-refractivity contribution in [3.05, 3.63) is 50.7 Å². The van der Waals surface area contributed by atoms with Crippen molar-refractivity contribution in [2.24, 2.45) is 0 Å². The Morgan fingerprint density at radius 1 is 0.895 bits per heavy atom. The molecular weight excluding hydrogens is 256 g/mol. The minimum Gasteiger partial charge on any atom is -0.478 e. The lowest BCUT2D eigenvalue weighted by atomic mass is 10.5. The molecule has 0 aromatic rings. The van der Waals surface area contributed by atoms with Gasteiger partial charge in [-0.1, -0.05) is 19.7 Å². The van der Waals surface area contributed by atoms with E-state index in [0.717, 1.165) is 6.26 Å². The van der Waals surface area contributed by atoms with Crippen LogP contribution in [-0.2, 0) is 23.9 Å². The van der Waals surface area contributed by atoms with Gasteiger partial charge in [-0.05, 0) is 0 Å². The van der Waals surface area contributed by atoms with Gasteiger partial charge in [-0.3, -0.25) is 4.79 Å². The zero-order valence-corrected chi connectivity index (χ0v) is 10.4. The molecule has 7 heteroatoms. The first-order chi connectivity index (χ1) is 8.81. The second-order valence-electron chi connectivity index (χ2n) is 2.26. The van der Waals surface area contributed by atoms with Crippen LogP contribution in [0.25, 0.3) is 0 Å². The van der Waals surface area contributed by atoms with Crippen molar-refractivity contribution in [1.82, 2.24) is 0 Å². The van der Waals surface area contributed by atoms with Gasteiger partial charge in [0.15, 0.2) is 0 Å². The molecule has 0 aromatic heterocycles. The molecule has 2 N–H and O–H groups in total. The van der Waals surface area contributed by atoms with E-state index >= 15 is 0 Å². The number of carbonyl (C=O) groups is 3. The molecule has 0 saturated heterocycles. The highest BCUT2D eigenvalue weighted by atomic mass is 16.5. The normalized spacial score (nSPS) is 7.63. The number of carboxylic acid groups (broad SMARTS) is 2. The molecule has 0 aliphatic heterocycles. The van der Waals surface area contributed by atoms with Gasteiger partial charge in [0, 0.05) is 19.1 Å². The molecule has 0 bridgehead atoms. The molecular formula is C12H16O7. The van der Waals surface area contributed by atoms with Crippen LogP contribution < -0.4 is 0 Å². The number of hydrogen-bond acceptors (Lipinski definition) is 5. The van der Waals surface area contributed by atoms with Crippen molar-refractivity contribution in [2.75, 3.05) is 0 Å². The summed E-state index contributed by atoms with van der Waals surface area (Å²) in [6.07, 6.45) is 4.84. The highest BCUT2D eigenvalue weighted by Crippen LogP contribution is 1.71. The van der Waals surface area contributed by atoms with E-state index in [0.29, 0.717) is 12.2 Å². The molecule has 0 aromatic carbocycles. The fraction of sp³-hybridized carbons (Fsp3) is 0.0833. The second-order valence-corrected chi connectivity index (χ2v) is 2.26. The molecule has 0 heterocycles. The van der Waals surface area contributed by atoms with Gasteiger partial charge in [0.05, 0.1) is 18.8 Å². The van der Waals surface area contributed by atoms with Gasteiger partial charge in [-0.2, -0.15) is 0 Å². The van der Waals surface area contributed by atoms with E-state index in [1.54, 1.807) is 0 Å². The summed E-state index contributed by atoms with van der Waals surface area (Å²) in [7, 11) is 0. The molecule has 0 spiro atoms. The molecule has 0 fully saturated rings. The van der Waals surface area contributed by atoms with E-state index in [4.69, 9.17) is 10.2 Å². The van der Waals surface area contributed by atoms with Crippen molar-refractivity contribution < 1.29 is 34.1 Å². The molecule has 0 atom stereocenters. The smallest absolute Gasteiger partial charge is 0.328 e. The fourth-order valence-corrected chi connectivity index (χ4v) is 0.328. The number of aliphatic carboxylic acids is 2. The molecule has 0 rings (SSSR count). The first-order valence-corrected chi connectivity index (χ1v) is 4.61. The topological polar surface area (TPSA) is 110 Å². The average Bonchev–Trinajstić information content (AvgIpc) is 2.29. The highest BCUT2D eigenvalue weighted by molar-refractivity contribution is 5.89. The predicted molar refractivity (Wildman–Crippen MR) is 67.9 cm³/mol. The lowest BCUT2D eigenvalue weighted by Gasteiger charge is -1.83. The molecule has 0 aliphatic carbocycles. The summed E-state index contributed by atoms with van der Waals surface area (Å²) in [5.74, 6) is -2.84. The number of ether oxygens (including phenoxy) is 2. The summed E-state index contributed by atoms with van der Waals surface area (Å²) in [4.78, 5) is 28.9. The zero-order chi connectivity index (χ0) is 15.7. The SMILES string of the molecule is C=COC(C)=O.C=COC=C.O=C(O)/C=C/C(=O)O. The number of rotatable bonds is 5. The Bertz CT molecular complexity index is 320. The van der Waals surface area contributed by atoms with Crippen LogP contribution in [0.2, 0.25) is 0 Å². The van der Waals surface area contributed by atoms with Crippen molar-refractivity contribution in [3.63, 3.8) is 0 Å². The zero-order valence-electron chi connectivity index (χ0n) is 10.4. The molecule has 0 aliphatic rings. The third kappa shape index (κ3) is 51.2. The first-order valence-electron chi connectivity index (χ1n) is 4.61. The van der Waals surface area contributed by atoms with E-state index in [1.165, 1.54) is 19.4 Å². The molecule has 0 amide bonds. The van der Waals surface area contributed by atoms with E-state index in [-0.39, 0.29) is 5.97 Å². The largest absolute Gasteiger partial charge is 0.478 e. The van der Waals surface area contributed by atoms with Crippen molar-refractivity contribution in [1.29, 1.82) is 0 Å². The molecule has 0 unspecified atom stereocenters. The van der Waals surface area contributed by atoms with E-state index in [1.807, 2.05) is 0 Å². The van der Waals surface area contributed by atoms with Gasteiger partial charge in [-0.25, -0.2) is 9.59 Å². The standard InChI is InChI=1S/C4H4O4.C4H6O2.C4H6O/c5-3(6)1-2-4(7)8;1-3-6-4(2)5;1-3-5-4-2/h1-2H,(H,5,6)(H,7,8);3H,1H2,2H3;3-4H,1-2H2/b2-1+;;. The molecule has 0 saturated carbocycles. The van der Waals surface area contributed by atoms with Crippen LogP contribution in [-0.4, -0.2) is 28.1 Å². The summed E-state index contributed by atoms with van der Waals surface area (Å²) in [5.41, 5.74) is 0. The van der Waals surface area contributed by atoms with E-state index in [9.17, 15) is 14.4 Å². The van der Waals surface area contributed by atoms with Crippen LogP contribution in [0.15, 0.2) is 50.7 Å². The average molecular weight is 272 g/mol. The third-order valence-corrected chi connectivity index (χ3v) is 0.810. The van der Waals surface area contributed by atoms with E-state index in [2.05, 4.69) is 29.2 Å². The lowest BCUT2D eigenvalue weighted by Crippen LogP contribution is -1.91. The highest BCUT2D eigenvalue weighted by Gasteiger charge is 1.88. The maximum absolute atomic E-state index is 9.75. The maximum atomic E-state index is 9.75. The number of hydrogen-bond donors (Lipinski definition) is 2. The van der Waals surface area contributed by atoms with Gasteiger partial charge in [0.2, 0.25) is 0 Å². The van der Waals surface area contributed by atoms with Crippen LogP contribution in [0.4, 0.5) is 0 Å². The minimum absolute atomic E-state index is 0.329. The molecule has 7 nitrogen and oxygen atoms in total. The van der Waals surface area contributed by atoms with Crippen LogP contribution in [0.5, 0.6) is 0 Å². The summed E-state index contributed by atoms with van der Waals surface area (Å²) in [6, 6.07) is 0. The Morgan fingerprint density at radius 3 is 1.32 bits per heavy atom. The molecule has 0 radical (unpaired) electrons. The monoisotopic (exact) mass is 272 g/mol. The quantitative estimate of drug-likeness (QED) is 0.445. The van der Waals surface area contributed by atoms with E-state index < -0.39 is 11.9 Å². The minimum atomic E-state index is -1.26. The van der Waals surface area contributed by atoms with Crippen molar-refractivity contribution in [3.8, 4) is 0 Å². The van der Waals surface area contributed by atoms with Crippen LogP contribution in [0.3, 0.4) is 0 Å². The van der Waals surface area contributed by atoms with Crippen LogP contribution in [0, 0.1) is 0 Å². The van der Waals surface area contributed by atoms with Gasteiger partial charge in [0.25, 0.3) is 0 Å². The van der Waals surface area contributed by atoms with Gasteiger partial charge < -0.3 is 19.7 Å². The second kappa shape index (κ2) is 17.6. The Morgan fingerprint density at radius 2 is 1.26 bits per heavy atom. The Balaban J connectivity index is -0.000000209. The van der Waals surface area contributed by atoms with Gasteiger partial charge in [-0.15, -0.1) is 0 Å². The van der Waals surface area contributed by atoms with Crippen LogP contribution >= 0.6 is 0 Å². The fourth-order valence-electron chi connectivity index (χ4n) is 0.328. The van der Waals surface area contributed by atoms with Crippen molar-refractivity contribution >= 4 is 17.9 Å². The summed E-state index contributed by atoms with van der Waals surface area (Å²) < 4.78 is 8.53. The summed E-state index contributed by atoms with van der Waals surface area (Å²) >= 11 is 0. The number of carboxylic acids is 2. The van der Waals surface area contributed by atoms with Gasteiger partial charge in [0.1, 0.15) is 0 Å². The number of esters is 1. The molecule has 19 heavy (non-hydrogen) atoms. The van der Waals surface area contributed by atoms with Crippen LogP contribution in [0.1, 0.15) is 6.92 Å². The van der Waals surface area contributed by atoms with Gasteiger partial charge >= 0.3 is 17.9 Å². The lowest BCUT2D eigenvalue weighted by molar-refractivity contribution is -0.135. The molecule has 106 valence electrons. The third-order valence-electron chi connectivity index (χ3n) is 0.810. The first kappa shape index (κ1) is 21.5.